The Balaban J connectivity index is 0.000000163. The molecular weight excluding hydrogens is 558 g/mol. The molecule has 2 aliphatic rings. The van der Waals surface area contributed by atoms with Gasteiger partial charge in [0.25, 0.3) is 0 Å². The maximum atomic E-state index is 12.2. The number of fused-ring (bicyclic) bond motifs is 4. The van der Waals surface area contributed by atoms with E-state index in [1.165, 1.54) is 16.7 Å². The number of hydrogen-bond donors (Lipinski definition) is 0. The van der Waals surface area contributed by atoms with Gasteiger partial charge in [-0.25, -0.2) is 4.98 Å². The molecule has 2 aliphatic heterocycles. The molecule has 0 aliphatic carbocycles. The Labute approximate surface area is 264 Å². The van der Waals surface area contributed by atoms with Crippen LogP contribution in [0.5, 0.6) is 0 Å². The van der Waals surface area contributed by atoms with Gasteiger partial charge in [-0.15, -0.1) is 0 Å². The highest BCUT2D eigenvalue weighted by Crippen LogP contribution is 2.32. The quantitative estimate of drug-likeness (QED) is 0.195. The summed E-state index contributed by atoms with van der Waals surface area (Å²) in [5, 5.41) is 0. The lowest BCUT2D eigenvalue weighted by Gasteiger charge is -2.26. The van der Waals surface area contributed by atoms with Gasteiger partial charge < -0.3 is 14.2 Å². The largest absolute Gasteiger partial charge is 0.444 e. The normalized spacial score (nSPS) is 14.5. The summed E-state index contributed by atoms with van der Waals surface area (Å²) in [6.45, 7) is 8.37. The molecular formula is C39H35N3O3. The highest BCUT2D eigenvalue weighted by molar-refractivity contribution is 5.96. The summed E-state index contributed by atoms with van der Waals surface area (Å²) in [6.07, 6.45) is 10.0. The number of oxazole rings is 1. The van der Waals surface area contributed by atoms with Crippen molar-refractivity contribution in [1.29, 1.82) is 0 Å². The summed E-state index contributed by atoms with van der Waals surface area (Å²) < 4.78 is 5.51. The van der Waals surface area contributed by atoms with Gasteiger partial charge in [0.15, 0.2) is 0 Å². The van der Waals surface area contributed by atoms with E-state index in [1.54, 1.807) is 20.1 Å². The van der Waals surface area contributed by atoms with Crippen molar-refractivity contribution in [2.75, 3.05) is 9.80 Å². The summed E-state index contributed by atoms with van der Waals surface area (Å²) >= 11 is 0. The van der Waals surface area contributed by atoms with Crippen molar-refractivity contribution >= 4 is 47.5 Å². The lowest BCUT2D eigenvalue weighted by Crippen LogP contribution is -2.29. The first-order chi connectivity index (χ1) is 21.8. The maximum absolute atomic E-state index is 12.2. The summed E-state index contributed by atoms with van der Waals surface area (Å²) in [6, 6.07) is 28.4. The van der Waals surface area contributed by atoms with Gasteiger partial charge in [-0.05, 0) is 71.5 Å². The first kappa shape index (κ1) is 29.6. The van der Waals surface area contributed by atoms with E-state index in [-0.39, 0.29) is 11.8 Å². The van der Waals surface area contributed by atoms with Crippen molar-refractivity contribution < 1.29 is 14.0 Å². The number of aryl methyl sites for hydroxylation is 2. The number of benzene rings is 4. The van der Waals surface area contributed by atoms with Gasteiger partial charge >= 0.3 is 0 Å². The maximum Gasteiger partial charge on any atom is 0.226 e. The zero-order chi connectivity index (χ0) is 31.5. The first-order valence-electron chi connectivity index (χ1n) is 15.0. The van der Waals surface area contributed by atoms with E-state index in [1.807, 2.05) is 83.5 Å². The molecule has 7 rings (SSSR count). The van der Waals surface area contributed by atoms with Crippen molar-refractivity contribution in [2.24, 2.45) is 0 Å². The van der Waals surface area contributed by atoms with Crippen LogP contribution in [0.25, 0.3) is 35.8 Å². The molecule has 0 unspecified atom stereocenters. The molecule has 3 heterocycles. The number of nitrogens with zero attached hydrogens (tertiary/aromatic N) is 3. The topological polar surface area (TPSA) is 66.7 Å². The minimum absolute atomic E-state index is 0.0288. The van der Waals surface area contributed by atoms with Crippen molar-refractivity contribution in [3.8, 4) is 11.5 Å². The van der Waals surface area contributed by atoms with Crippen LogP contribution in [0, 0.1) is 13.8 Å². The predicted octanol–water partition coefficient (Wildman–Crippen LogP) is 8.72. The fourth-order valence-corrected chi connectivity index (χ4v) is 5.71. The Morgan fingerprint density at radius 2 is 1.16 bits per heavy atom. The van der Waals surface area contributed by atoms with Crippen molar-refractivity contribution in [3.05, 3.63) is 136 Å². The molecule has 1 aromatic heterocycles. The van der Waals surface area contributed by atoms with E-state index in [0.717, 1.165) is 44.9 Å². The SMILES string of the molecule is CC(=O)N1Cc2ccc(-c3nc(C)co3)cc2/C=C\c2ccccc21.CC(=O)N1Cc2ccc(C)cc2/C=C\c2ccccc21. The van der Waals surface area contributed by atoms with E-state index in [4.69, 9.17) is 4.42 Å². The second-order valence-corrected chi connectivity index (χ2v) is 11.4. The number of amides is 2. The van der Waals surface area contributed by atoms with Gasteiger partial charge in [0.1, 0.15) is 6.26 Å². The third-order valence-corrected chi connectivity index (χ3v) is 8.07. The van der Waals surface area contributed by atoms with Crippen LogP contribution in [0.15, 0.2) is 95.6 Å². The predicted molar refractivity (Wildman–Crippen MR) is 182 cm³/mol. The summed E-state index contributed by atoms with van der Waals surface area (Å²) in [4.78, 5) is 32.3. The molecule has 2 amide bonds. The standard InChI is InChI=1S/C21H18N2O2.C18H17NO/c1-14-13-25-21(22-14)18-9-10-19-12-23(15(2)24)20-6-4-3-5-16(20)7-8-17(19)11-18;1-13-7-8-17-12-19(14(2)20)18-6-4-3-5-15(18)9-10-16(17)11-13/h3-11,13H,12H2,1-2H3;3-11H,12H2,1-2H3/b8-7-;10-9-. The monoisotopic (exact) mass is 593 g/mol. The molecule has 0 radical (unpaired) electrons. The Morgan fingerprint density at radius 3 is 1.69 bits per heavy atom. The lowest BCUT2D eigenvalue weighted by molar-refractivity contribution is -0.117. The number of carbonyl (C=O) groups excluding carboxylic acids is 2. The summed E-state index contributed by atoms with van der Waals surface area (Å²) in [5.41, 5.74) is 11.6. The van der Waals surface area contributed by atoms with Crippen molar-refractivity contribution in [1.82, 2.24) is 4.98 Å². The molecule has 6 nitrogen and oxygen atoms in total. The molecule has 0 saturated carbocycles. The zero-order valence-electron chi connectivity index (χ0n) is 26.0. The Kier molecular flexibility index (Phi) is 8.30. The Hall–Kier alpha value is -5.49. The second kappa shape index (κ2) is 12.6. The second-order valence-electron chi connectivity index (χ2n) is 11.4. The van der Waals surface area contributed by atoms with Gasteiger partial charge in [0.05, 0.1) is 30.2 Å². The molecule has 0 saturated heterocycles. The number of hydrogen-bond acceptors (Lipinski definition) is 4. The van der Waals surface area contributed by atoms with Crippen LogP contribution >= 0.6 is 0 Å². The average Bonchev–Trinajstić information content (AvgIpc) is 3.46. The van der Waals surface area contributed by atoms with E-state index in [2.05, 4.69) is 54.4 Å². The Bertz CT molecular complexity index is 1970. The summed E-state index contributed by atoms with van der Waals surface area (Å²) in [5.74, 6) is 0.708. The molecule has 224 valence electrons. The molecule has 6 heteroatoms. The van der Waals surface area contributed by atoms with E-state index >= 15 is 0 Å². The molecule has 0 N–H and O–H groups in total. The third kappa shape index (κ3) is 6.41. The van der Waals surface area contributed by atoms with Crippen LogP contribution in [-0.4, -0.2) is 16.8 Å². The third-order valence-electron chi connectivity index (χ3n) is 8.07. The van der Waals surface area contributed by atoms with E-state index in [9.17, 15) is 9.59 Å². The van der Waals surface area contributed by atoms with E-state index < -0.39 is 0 Å². The lowest BCUT2D eigenvalue weighted by atomic mass is 9.99. The Morgan fingerprint density at radius 1 is 0.644 bits per heavy atom. The van der Waals surface area contributed by atoms with Crippen LogP contribution < -0.4 is 9.80 Å². The average molecular weight is 594 g/mol. The molecule has 4 aromatic carbocycles. The molecule has 0 atom stereocenters. The van der Waals surface area contributed by atoms with Crippen LogP contribution in [0.4, 0.5) is 11.4 Å². The number of carbonyl (C=O) groups is 2. The number of anilines is 2. The van der Waals surface area contributed by atoms with Crippen molar-refractivity contribution in [2.45, 2.75) is 40.8 Å². The molecule has 0 fully saturated rings. The van der Waals surface area contributed by atoms with Gasteiger partial charge in [-0.1, -0.05) is 90.5 Å². The van der Waals surface area contributed by atoms with Crippen LogP contribution in [0.1, 0.15) is 58.5 Å². The minimum Gasteiger partial charge on any atom is -0.444 e. The van der Waals surface area contributed by atoms with Gasteiger partial charge in [-0.2, -0.15) is 0 Å². The van der Waals surface area contributed by atoms with E-state index in [0.29, 0.717) is 19.0 Å². The fourth-order valence-electron chi connectivity index (χ4n) is 5.71. The van der Waals surface area contributed by atoms with Crippen LogP contribution in [0.3, 0.4) is 0 Å². The fraction of sp³-hybridized carbons (Fsp3) is 0.154. The summed E-state index contributed by atoms with van der Waals surface area (Å²) in [7, 11) is 0. The molecule has 45 heavy (non-hydrogen) atoms. The van der Waals surface area contributed by atoms with Gasteiger partial charge in [0.2, 0.25) is 17.7 Å². The van der Waals surface area contributed by atoms with Gasteiger partial charge in [-0.3, -0.25) is 9.59 Å². The highest BCUT2D eigenvalue weighted by atomic mass is 16.3. The van der Waals surface area contributed by atoms with Gasteiger partial charge in [0, 0.05) is 19.4 Å². The molecule has 0 bridgehead atoms. The minimum atomic E-state index is 0.0288. The zero-order valence-corrected chi connectivity index (χ0v) is 26.0. The van der Waals surface area contributed by atoms with Crippen LogP contribution in [-0.2, 0) is 22.7 Å². The van der Waals surface area contributed by atoms with Crippen molar-refractivity contribution in [3.63, 3.8) is 0 Å². The number of para-hydroxylation sites is 2. The molecule has 0 spiro atoms. The number of aromatic nitrogens is 1. The van der Waals surface area contributed by atoms with Crippen LogP contribution in [0.2, 0.25) is 0 Å². The highest BCUT2D eigenvalue weighted by Gasteiger charge is 2.20. The molecule has 5 aromatic rings. The number of rotatable bonds is 1. The first-order valence-corrected chi connectivity index (χ1v) is 15.0. The smallest absolute Gasteiger partial charge is 0.226 e.